The summed E-state index contributed by atoms with van der Waals surface area (Å²) in [6, 6.07) is 0.809. The molecule has 0 bridgehead atoms. The second kappa shape index (κ2) is 6.49. The first kappa shape index (κ1) is 14.5. The van der Waals surface area contributed by atoms with Crippen LogP contribution >= 0.6 is 0 Å². The number of carbonyl (C=O) groups is 1. The number of anilines is 2. The molecule has 0 radical (unpaired) electrons. The SMILES string of the molecule is CCCNc1nc(N2CCCNC(=O)C2)c(F)cc1F. The van der Waals surface area contributed by atoms with Crippen molar-refractivity contribution < 1.29 is 13.6 Å². The molecule has 7 heteroatoms. The van der Waals surface area contributed by atoms with Crippen LogP contribution in [0.3, 0.4) is 0 Å². The molecule has 2 N–H and O–H groups in total. The molecule has 1 amide bonds. The first-order valence-electron chi connectivity index (χ1n) is 6.73. The number of halogens is 2. The number of hydrogen-bond acceptors (Lipinski definition) is 4. The molecule has 0 atom stereocenters. The summed E-state index contributed by atoms with van der Waals surface area (Å²) in [5.74, 6) is -1.62. The molecule has 1 aromatic rings. The summed E-state index contributed by atoms with van der Waals surface area (Å²) < 4.78 is 27.5. The molecule has 0 spiro atoms. The lowest BCUT2D eigenvalue weighted by atomic mass is 10.3. The minimum absolute atomic E-state index is 0.0158. The Hall–Kier alpha value is -1.92. The number of rotatable bonds is 4. The molecule has 0 unspecified atom stereocenters. The molecule has 2 rings (SSSR count). The smallest absolute Gasteiger partial charge is 0.239 e. The van der Waals surface area contributed by atoms with Gasteiger partial charge in [0.15, 0.2) is 23.3 Å². The number of amides is 1. The van der Waals surface area contributed by atoms with E-state index in [2.05, 4.69) is 15.6 Å². The van der Waals surface area contributed by atoms with Crippen molar-refractivity contribution in [3.05, 3.63) is 17.7 Å². The van der Waals surface area contributed by atoms with Gasteiger partial charge in [-0.15, -0.1) is 0 Å². The van der Waals surface area contributed by atoms with Crippen molar-refractivity contribution in [2.75, 3.05) is 36.4 Å². The van der Waals surface area contributed by atoms with Crippen molar-refractivity contribution in [2.45, 2.75) is 19.8 Å². The summed E-state index contributed by atoms with van der Waals surface area (Å²) in [5, 5.41) is 5.52. The van der Waals surface area contributed by atoms with Gasteiger partial charge in [0.05, 0.1) is 6.54 Å². The Bertz CT molecular complexity index is 496. The average Bonchev–Trinajstić information content (AvgIpc) is 2.62. The van der Waals surface area contributed by atoms with Crippen LogP contribution in [0, 0.1) is 11.6 Å². The molecular weight excluding hydrogens is 266 g/mol. The summed E-state index contributed by atoms with van der Waals surface area (Å²) >= 11 is 0. The van der Waals surface area contributed by atoms with Gasteiger partial charge >= 0.3 is 0 Å². The quantitative estimate of drug-likeness (QED) is 0.880. The van der Waals surface area contributed by atoms with Crippen LogP contribution in [0.15, 0.2) is 6.07 Å². The third-order valence-corrected chi connectivity index (χ3v) is 3.01. The van der Waals surface area contributed by atoms with Crippen LogP contribution in [-0.2, 0) is 4.79 Å². The third kappa shape index (κ3) is 3.34. The maximum Gasteiger partial charge on any atom is 0.239 e. The topological polar surface area (TPSA) is 57.3 Å². The van der Waals surface area contributed by atoms with Gasteiger partial charge in [-0.1, -0.05) is 6.92 Å². The molecule has 1 saturated heterocycles. The second-order valence-corrected chi connectivity index (χ2v) is 4.68. The van der Waals surface area contributed by atoms with Crippen LogP contribution in [0.1, 0.15) is 19.8 Å². The van der Waals surface area contributed by atoms with Crippen molar-refractivity contribution in [1.29, 1.82) is 0 Å². The molecule has 0 aromatic carbocycles. The normalized spacial score (nSPS) is 15.8. The number of carbonyl (C=O) groups excluding carboxylic acids is 1. The predicted molar refractivity (Wildman–Crippen MR) is 72.8 cm³/mol. The van der Waals surface area contributed by atoms with Gasteiger partial charge < -0.3 is 15.5 Å². The molecule has 2 heterocycles. The number of hydrogen-bond donors (Lipinski definition) is 2. The fourth-order valence-electron chi connectivity index (χ4n) is 2.03. The zero-order valence-electron chi connectivity index (χ0n) is 11.4. The highest BCUT2D eigenvalue weighted by Gasteiger charge is 2.21. The predicted octanol–water partition coefficient (Wildman–Crippen LogP) is 1.51. The molecule has 1 aliphatic rings. The largest absolute Gasteiger partial charge is 0.368 e. The lowest BCUT2D eigenvalue weighted by molar-refractivity contribution is -0.119. The van der Waals surface area contributed by atoms with Gasteiger partial charge in [0.2, 0.25) is 5.91 Å². The minimum atomic E-state index is -0.751. The van der Waals surface area contributed by atoms with Crippen LogP contribution in [0.4, 0.5) is 20.4 Å². The highest BCUT2D eigenvalue weighted by molar-refractivity contribution is 5.81. The number of nitrogens with zero attached hydrogens (tertiary/aromatic N) is 2. The molecular formula is C13H18F2N4O. The summed E-state index contributed by atoms with van der Waals surface area (Å²) in [6.07, 6.45) is 1.50. The highest BCUT2D eigenvalue weighted by atomic mass is 19.1. The van der Waals surface area contributed by atoms with Gasteiger partial charge in [0.1, 0.15) is 0 Å². The molecule has 5 nitrogen and oxygen atoms in total. The Kier molecular flexibility index (Phi) is 4.70. The molecule has 0 saturated carbocycles. The van der Waals surface area contributed by atoms with Gasteiger partial charge in [-0.25, -0.2) is 13.8 Å². The maximum absolute atomic E-state index is 13.9. The van der Waals surface area contributed by atoms with E-state index in [0.717, 1.165) is 12.5 Å². The number of aromatic nitrogens is 1. The van der Waals surface area contributed by atoms with Crippen LogP contribution in [0.2, 0.25) is 0 Å². The molecule has 1 aliphatic heterocycles. The van der Waals surface area contributed by atoms with Crippen molar-refractivity contribution in [3.63, 3.8) is 0 Å². The van der Waals surface area contributed by atoms with E-state index in [4.69, 9.17) is 0 Å². The first-order valence-corrected chi connectivity index (χ1v) is 6.73. The van der Waals surface area contributed by atoms with Crippen molar-refractivity contribution in [1.82, 2.24) is 10.3 Å². The summed E-state index contributed by atoms with van der Waals surface area (Å²) in [6.45, 7) is 3.58. The summed E-state index contributed by atoms with van der Waals surface area (Å²) in [5.41, 5.74) is 0. The van der Waals surface area contributed by atoms with E-state index < -0.39 is 11.6 Å². The van der Waals surface area contributed by atoms with Crippen LogP contribution in [0.25, 0.3) is 0 Å². The van der Waals surface area contributed by atoms with Gasteiger partial charge in [-0.2, -0.15) is 0 Å². The molecule has 110 valence electrons. The molecule has 1 fully saturated rings. The summed E-state index contributed by atoms with van der Waals surface area (Å²) in [4.78, 5) is 17.0. The number of pyridine rings is 1. The van der Waals surface area contributed by atoms with Crippen LogP contribution in [-0.4, -0.2) is 37.1 Å². The van der Waals surface area contributed by atoms with Gasteiger partial charge in [0.25, 0.3) is 0 Å². The van der Waals surface area contributed by atoms with E-state index >= 15 is 0 Å². The second-order valence-electron chi connectivity index (χ2n) is 4.68. The number of nitrogens with one attached hydrogen (secondary N) is 2. The minimum Gasteiger partial charge on any atom is -0.368 e. The van der Waals surface area contributed by atoms with Gasteiger partial charge in [0, 0.05) is 25.7 Å². The van der Waals surface area contributed by atoms with Crippen molar-refractivity contribution in [2.24, 2.45) is 0 Å². The molecule has 0 aliphatic carbocycles. The highest BCUT2D eigenvalue weighted by Crippen LogP contribution is 2.23. The molecule has 20 heavy (non-hydrogen) atoms. The fraction of sp³-hybridized carbons (Fsp3) is 0.538. The Labute approximate surface area is 116 Å². The Morgan fingerprint density at radius 1 is 1.45 bits per heavy atom. The van der Waals surface area contributed by atoms with Gasteiger partial charge in [-0.3, -0.25) is 4.79 Å². The standard InChI is InChI=1S/C13H18F2N4O/c1-2-4-17-12-9(14)7-10(15)13(18-12)19-6-3-5-16-11(20)8-19/h7H,2-6,8H2,1H3,(H,16,20)(H,17,18). The van der Waals surface area contributed by atoms with Crippen LogP contribution in [0.5, 0.6) is 0 Å². The van der Waals surface area contributed by atoms with E-state index in [9.17, 15) is 13.6 Å². The first-order chi connectivity index (χ1) is 9.61. The van der Waals surface area contributed by atoms with Crippen molar-refractivity contribution in [3.8, 4) is 0 Å². The van der Waals surface area contributed by atoms with E-state index in [0.29, 0.717) is 26.1 Å². The molecule has 1 aromatic heterocycles. The van der Waals surface area contributed by atoms with Crippen LogP contribution < -0.4 is 15.5 Å². The third-order valence-electron chi connectivity index (χ3n) is 3.01. The van der Waals surface area contributed by atoms with E-state index in [1.54, 1.807) is 0 Å². The monoisotopic (exact) mass is 284 g/mol. The zero-order valence-corrected chi connectivity index (χ0v) is 11.4. The van der Waals surface area contributed by atoms with E-state index in [-0.39, 0.29) is 24.1 Å². The van der Waals surface area contributed by atoms with E-state index in [1.807, 2.05) is 6.92 Å². The summed E-state index contributed by atoms with van der Waals surface area (Å²) in [7, 11) is 0. The lowest BCUT2D eigenvalue weighted by Crippen LogP contribution is -2.34. The zero-order chi connectivity index (χ0) is 14.5. The average molecular weight is 284 g/mol. The lowest BCUT2D eigenvalue weighted by Gasteiger charge is -2.21. The van der Waals surface area contributed by atoms with E-state index in [1.165, 1.54) is 4.90 Å². The Morgan fingerprint density at radius 3 is 3.00 bits per heavy atom. The van der Waals surface area contributed by atoms with Gasteiger partial charge in [-0.05, 0) is 12.8 Å². The Balaban J connectivity index is 2.27. The maximum atomic E-state index is 13.9. The Morgan fingerprint density at radius 2 is 2.25 bits per heavy atom. The van der Waals surface area contributed by atoms with Crippen molar-refractivity contribution >= 4 is 17.5 Å². The fourth-order valence-corrected chi connectivity index (χ4v) is 2.03.